The van der Waals surface area contributed by atoms with E-state index < -0.39 is 0 Å². The Morgan fingerprint density at radius 3 is 2.77 bits per heavy atom. The summed E-state index contributed by atoms with van der Waals surface area (Å²) in [6.45, 7) is 3.84. The van der Waals surface area contributed by atoms with Crippen LogP contribution in [0, 0.1) is 5.92 Å². The summed E-state index contributed by atoms with van der Waals surface area (Å²) in [5, 5.41) is 3.88. The molecule has 0 aliphatic carbocycles. The van der Waals surface area contributed by atoms with Crippen molar-refractivity contribution < 1.29 is 19.1 Å². The van der Waals surface area contributed by atoms with Crippen LogP contribution >= 0.6 is 0 Å². The summed E-state index contributed by atoms with van der Waals surface area (Å²) in [5.74, 6) is 1.66. The Bertz CT molecular complexity index is 1200. The number of pyridine rings is 1. The molecule has 35 heavy (non-hydrogen) atoms. The first kappa shape index (κ1) is 23.2. The second kappa shape index (κ2) is 9.95. The molecule has 5 rings (SSSR count). The lowest BCUT2D eigenvalue weighted by Gasteiger charge is -2.35. The maximum Gasteiger partial charge on any atom is 0.269 e. The quantitative estimate of drug-likeness (QED) is 0.566. The zero-order valence-electron chi connectivity index (χ0n) is 20.1. The van der Waals surface area contributed by atoms with Crippen molar-refractivity contribution in [3.05, 3.63) is 54.0 Å². The Balaban J connectivity index is 1.15. The minimum Gasteiger partial charge on any atom is -0.486 e. The number of ether oxygens (including phenoxy) is 2. The van der Waals surface area contributed by atoms with Gasteiger partial charge in [0.25, 0.3) is 11.8 Å². The van der Waals surface area contributed by atoms with Crippen molar-refractivity contribution >= 4 is 22.7 Å². The largest absolute Gasteiger partial charge is 0.486 e. The van der Waals surface area contributed by atoms with Crippen LogP contribution in [0.2, 0.25) is 0 Å². The van der Waals surface area contributed by atoms with Gasteiger partial charge in [-0.05, 0) is 62.2 Å². The molecule has 0 radical (unpaired) electrons. The Morgan fingerprint density at radius 2 is 2.03 bits per heavy atom. The molecular formula is C26H31N5O4. The second-order valence-electron chi connectivity index (χ2n) is 9.46. The molecule has 0 spiro atoms. The fourth-order valence-electron chi connectivity index (χ4n) is 4.71. The minimum absolute atomic E-state index is 0.0812. The van der Waals surface area contributed by atoms with Gasteiger partial charge in [-0.15, -0.1) is 0 Å². The van der Waals surface area contributed by atoms with Crippen LogP contribution in [0.25, 0.3) is 10.9 Å². The molecule has 3 aromatic rings. The molecular weight excluding hydrogens is 446 g/mol. The zero-order chi connectivity index (χ0) is 24.4. The van der Waals surface area contributed by atoms with Gasteiger partial charge in [0.15, 0.2) is 11.5 Å². The van der Waals surface area contributed by atoms with Crippen molar-refractivity contribution in [2.45, 2.75) is 18.9 Å². The van der Waals surface area contributed by atoms with Crippen molar-refractivity contribution in [3.63, 3.8) is 0 Å². The SMILES string of the molecule is CN(C)C(=O)c1cc2c3c(ccc2[nH]1)OCC(CN1CCC(CNC(=O)c2ccccn2)CC1)O3. The fourth-order valence-corrected chi connectivity index (χ4v) is 4.71. The number of hydrogen-bond acceptors (Lipinski definition) is 6. The number of rotatable bonds is 6. The number of amides is 2. The number of fused-ring (bicyclic) bond motifs is 3. The first-order chi connectivity index (χ1) is 17.0. The molecule has 1 atom stereocenters. The van der Waals surface area contributed by atoms with Crippen LogP contribution < -0.4 is 14.8 Å². The zero-order valence-corrected chi connectivity index (χ0v) is 20.1. The number of aromatic nitrogens is 2. The van der Waals surface area contributed by atoms with Crippen LogP contribution in [0.3, 0.4) is 0 Å². The molecule has 9 heteroatoms. The Labute approximate surface area is 204 Å². The third kappa shape index (κ3) is 5.09. The van der Waals surface area contributed by atoms with Crippen molar-refractivity contribution in [2.24, 2.45) is 5.92 Å². The number of benzene rings is 1. The molecule has 1 aromatic carbocycles. The van der Waals surface area contributed by atoms with Crippen molar-refractivity contribution in [1.82, 2.24) is 25.1 Å². The molecule has 2 aliphatic rings. The van der Waals surface area contributed by atoms with E-state index in [1.54, 1.807) is 37.3 Å². The van der Waals surface area contributed by atoms with E-state index in [2.05, 4.69) is 20.2 Å². The van der Waals surface area contributed by atoms with Crippen LogP contribution in [0.5, 0.6) is 11.5 Å². The summed E-state index contributed by atoms with van der Waals surface area (Å²) in [7, 11) is 3.47. The van der Waals surface area contributed by atoms with E-state index in [9.17, 15) is 9.59 Å². The number of likely N-dealkylation sites (tertiary alicyclic amines) is 1. The van der Waals surface area contributed by atoms with Crippen LogP contribution in [-0.4, -0.2) is 84.6 Å². The van der Waals surface area contributed by atoms with E-state index in [1.807, 2.05) is 24.3 Å². The highest BCUT2D eigenvalue weighted by atomic mass is 16.6. The van der Waals surface area contributed by atoms with Gasteiger partial charge in [0, 0.05) is 38.8 Å². The average molecular weight is 478 g/mol. The highest BCUT2D eigenvalue weighted by molar-refractivity contribution is 6.00. The Hall–Kier alpha value is -3.59. The first-order valence-corrected chi connectivity index (χ1v) is 12.1. The van der Waals surface area contributed by atoms with E-state index in [-0.39, 0.29) is 17.9 Å². The van der Waals surface area contributed by atoms with Gasteiger partial charge in [-0.3, -0.25) is 19.5 Å². The third-order valence-corrected chi connectivity index (χ3v) is 6.68. The molecule has 2 amide bonds. The van der Waals surface area contributed by atoms with E-state index in [1.165, 1.54) is 0 Å². The lowest BCUT2D eigenvalue weighted by atomic mass is 9.96. The monoisotopic (exact) mass is 477 g/mol. The molecule has 0 bridgehead atoms. The van der Waals surface area contributed by atoms with Crippen LogP contribution in [0.15, 0.2) is 42.6 Å². The minimum atomic E-state index is -0.119. The van der Waals surface area contributed by atoms with Crippen molar-refractivity contribution in [3.8, 4) is 11.5 Å². The van der Waals surface area contributed by atoms with Crippen molar-refractivity contribution in [2.75, 3.05) is 46.9 Å². The highest BCUT2D eigenvalue weighted by Gasteiger charge is 2.28. The van der Waals surface area contributed by atoms with Gasteiger partial charge in [0.05, 0.1) is 5.52 Å². The standard InChI is InChI=1S/C26H31N5O4/c1-30(2)26(33)22-13-19-20(29-22)6-7-23-24(19)35-18(16-34-23)15-31-11-8-17(9-12-31)14-28-25(32)21-5-3-4-10-27-21/h3-7,10,13,17-18,29H,8-9,11-12,14-16H2,1-2H3,(H,28,32). The summed E-state index contributed by atoms with van der Waals surface area (Å²) in [5.41, 5.74) is 1.84. The summed E-state index contributed by atoms with van der Waals surface area (Å²) in [6, 6.07) is 11.0. The number of carbonyl (C=O) groups is 2. The van der Waals surface area contributed by atoms with Gasteiger partial charge in [0.1, 0.15) is 24.1 Å². The predicted molar refractivity (Wildman–Crippen MR) is 132 cm³/mol. The number of hydrogen-bond donors (Lipinski definition) is 2. The lowest BCUT2D eigenvalue weighted by molar-refractivity contribution is 0.0490. The number of piperidine rings is 1. The van der Waals surface area contributed by atoms with Gasteiger partial charge in [-0.2, -0.15) is 0 Å². The third-order valence-electron chi connectivity index (χ3n) is 6.68. The lowest BCUT2D eigenvalue weighted by Crippen LogP contribution is -2.45. The van der Waals surface area contributed by atoms with Gasteiger partial charge in [0.2, 0.25) is 0 Å². The molecule has 1 unspecified atom stereocenters. The summed E-state index contributed by atoms with van der Waals surface area (Å²) < 4.78 is 12.4. The molecule has 184 valence electrons. The van der Waals surface area contributed by atoms with E-state index >= 15 is 0 Å². The van der Waals surface area contributed by atoms with E-state index in [0.717, 1.165) is 43.4 Å². The second-order valence-corrected chi connectivity index (χ2v) is 9.46. The first-order valence-electron chi connectivity index (χ1n) is 12.1. The maximum absolute atomic E-state index is 12.4. The molecule has 2 N–H and O–H groups in total. The van der Waals surface area contributed by atoms with Gasteiger partial charge in [-0.25, -0.2) is 0 Å². The molecule has 2 aliphatic heterocycles. The number of carbonyl (C=O) groups excluding carboxylic acids is 2. The van der Waals surface area contributed by atoms with Crippen molar-refractivity contribution in [1.29, 1.82) is 0 Å². The van der Waals surface area contributed by atoms with E-state index in [4.69, 9.17) is 9.47 Å². The van der Waals surface area contributed by atoms with Gasteiger partial charge < -0.3 is 24.7 Å². The van der Waals surface area contributed by atoms with E-state index in [0.29, 0.717) is 42.0 Å². The molecule has 1 saturated heterocycles. The van der Waals surface area contributed by atoms with Gasteiger partial charge >= 0.3 is 0 Å². The Kier molecular flexibility index (Phi) is 6.59. The number of aromatic amines is 1. The fraction of sp³-hybridized carbons (Fsp3) is 0.423. The molecule has 1 fully saturated rings. The van der Waals surface area contributed by atoms with Crippen LogP contribution in [0.4, 0.5) is 0 Å². The number of nitrogens with one attached hydrogen (secondary N) is 2. The topological polar surface area (TPSA) is 99.8 Å². The van der Waals surface area contributed by atoms with Crippen LogP contribution in [0.1, 0.15) is 33.8 Å². The summed E-state index contributed by atoms with van der Waals surface area (Å²) >= 11 is 0. The average Bonchev–Trinajstić information content (AvgIpc) is 3.33. The summed E-state index contributed by atoms with van der Waals surface area (Å²) in [6.07, 6.45) is 3.58. The maximum atomic E-state index is 12.4. The summed E-state index contributed by atoms with van der Waals surface area (Å²) in [4.78, 5) is 35.9. The smallest absolute Gasteiger partial charge is 0.269 e. The Morgan fingerprint density at radius 1 is 1.20 bits per heavy atom. The molecule has 0 saturated carbocycles. The number of H-pyrrole nitrogens is 1. The predicted octanol–water partition coefficient (Wildman–Crippen LogP) is 2.55. The van der Waals surface area contributed by atoms with Gasteiger partial charge in [-0.1, -0.05) is 6.07 Å². The highest BCUT2D eigenvalue weighted by Crippen LogP contribution is 2.39. The molecule has 4 heterocycles. The normalized spacial score (nSPS) is 18.4. The molecule has 9 nitrogen and oxygen atoms in total. The van der Waals surface area contributed by atoms with Crippen LogP contribution in [-0.2, 0) is 0 Å². The number of nitrogens with zero attached hydrogens (tertiary/aromatic N) is 3. The molecule has 2 aromatic heterocycles.